The van der Waals surface area contributed by atoms with Gasteiger partial charge in [-0.3, -0.25) is 0 Å². The Morgan fingerprint density at radius 3 is 3.00 bits per heavy atom. The summed E-state index contributed by atoms with van der Waals surface area (Å²) in [6, 6.07) is 6.55. The first-order valence-electron chi connectivity index (χ1n) is 7.13. The smallest absolute Gasteiger partial charge is 0.0593 e. The van der Waals surface area contributed by atoms with Crippen LogP contribution in [-0.4, -0.2) is 30.6 Å². The van der Waals surface area contributed by atoms with Crippen LogP contribution in [0.2, 0.25) is 5.02 Å². The number of nitrogens with zero attached hydrogens (tertiary/aromatic N) is 1. The standard InChI is InChI=1S/C15H22BrClN2/c1-2-9-19-10-4-5-12(8-11-19)18-14-7-3-6-13(17)15(14)16/h3,6-7,12,18H,2,4-5,8-11H2,1H3. The van der Waals surface area contributed by atoms with Crippen LogP contribution in [0.25, 0.3) is 0 Å². The number of hydrogen-bond acceptors (Lipinski definition) is 2. The molecular weight excluding hydrogens is 324 g/mol. The SMILES string of the molecule is CCCN1CCCC(Nc2cccc(Cl)c2Br)CC1. The molecule has 1 fully saturated rings. The number of benzene rings is 1. The summed E-state index contributed by atoms with van der Waals surface area (Å²) in [7, 11) is 0. The van der Waals surface area contributed by atoms with Gasteiger partial charge in [0, 0.05) is 12.6 Å². The fraction of sp³-hybridized carbons (Fsp3) is 0.600. The molecule has 0 amide bonds. The molecule has 1 aliphatic heterocycles. The van der Waals surface area contributed by atoms with Crippen LogP contribution in [0.15, 0.2) is 22.7 Å². The highest BCUT2D eigenvalue weighted by Gasteiger charge is 2.17. The van der Waals surface area contributed by atoms with Crippen LogP contribution < -0.4 is 5.32 Å². The van der Waals surface area contributed by atoms with Gasteiger partial charge in [0.15, 0.2) is 0 Å². The van der Waals surface area contributed by atoms with Gasteiger partial charge in [-0.05, 0) is 66.8 Å². The molecular formula is C15H22BrClN2. The number of halogens is 2. The Balaban J connectivity index is 1.94. The van der Waals surface area contributed by atoms with Crippen LogP contribution in [0.4, 0.5) is 5.69 Å². The first-order chi connectivity index (χ1) is 9.20. The van der Waals surface area contributed by atoms with Gasteiger partial charge in [-0.15, -0.1) is 0 Å². The van der Waals surface area contributed by atoms with Crippen molar-refractivity contribution in [2.75, 3.05) is 25.0 Å². The molecule has 0 bridgehead atoms. The first kappa shape index (κ1) is 15.1. The van der Waals surface area contributed by atoms with Crippen molar-refractivity contribution in [3.05, 3.63) is 27.7 Å². The van der Waals surface area contributed by atoms with Crippen molar-refractivity contribution in [2.45, 2.75) is 38.6 Å². The predicted molar refractivity (Wildman–Crippen MR) is 87.1 cm³/mol. The third-order valence-electron chi connectivity index (χ3n) is 3.67. The van der Waals surface area contributed by atoms with Gasteiger partial charge in [0.2, 0.25) is 0 Å². The molecule has 0 saturated carbocycles. The fourth-order valence-electron chi connectivity index (χ4n) is 2.68. The third kappa shape index (κ3) is 4.37. The average Bonchev–Trinajstić information content (AvgIpc) is 2.61. The van der Waals surface area contributed by atoms with Crippen LogP contribution in [0.3, 0.4) is 0 Å². The second-order valence-corrected chi connectivity index (χ2v) is 6.42. The highest BCUT2D eigenvalue weighted by Crippen LogP contribution is 2.31. The zero-order valence-electron chi connectivity index (χ0n) is 11.5. The van der Waals surface area contributed by atoms with Crippen LogP contribution in [0.5, 0.6) is 0 Å². The lowest BCUT2D eigenvalue weighted by molar-refractivity contribution is 0.285. The Labute approximate surface area is 129 Å². The summed E-state index contributed by atoms with van der Waals surface area (Å²) in [4.78, 5) is 2.58. The van der Waals surface area contributed by atoms with Crippen molar-refractivity contribution in [1.82, 2.24) is 4.90 Å². The highest BCUT2D eigenvalue weighted by atomic mass is 79.9. The van der Waals surface area contributed by atoms with Gasteiger partial charge in [0.1, 0.15) is 0 Å². The molecule has 4 heteroatoms. The van der Waals surface area contributed by atoms with Crippen molar-refractivity contribution in [1.29, 1.82) is 0 Å². The summed E-state index contributed by atoms with van der Waals surface area (Å²) in [6.07, 6.45) is 4.96. The minimum absolute atomic E-state index is 0.552. The van der Waals surface area contributed by atoms with E-state index in [-0.39, 0.29) is 0 Å². The van der Waals surface area contributed by atoms with Crippen molar-refractivity contribution in [3.8, 4) is 0 Å². The van der Waals surface area contributed by atoms with E-state index in [1.54, 1.807) is 0 Å². The van der Waals surface area contributed by atoms with Crippen LogP contribution in [-0.2, 0) is 0 Å². The molecule has 19 heavy (non-hydrogen) atoms. The number of likely N-dealkylation sites (tertiary alicyclic amines) is 1. The van der Waals surface area contributed by atoms with E-state index in [0.29, 0.717) is 6.04 Å². The molecule has 106 valence electrons. The molecule has 2 nitrogen and oxygen atoms in total. The summed E-state index contributed by atoms with van der Waals surface area (Å²) in [5.41, 5.74) is 1.11. The summed E-state index contributed by atoms with van der Waals surface area (Å²) >= 11 is 9.69. The number of anilines is 1. The molecule has 1 heterocycles. The molecule has 0 spiro atoms. The van der Waals surface area contributed by atoms with Crippen LogP contribution >= 0.6 is 27.5 Å². The summed E-state index contributed by atoms with van der Waals surface area (Å²) in [5, 5.41) is 4.40. The Hall–Kier alpha value is -0.250. The van der Waals surface area contributed by atoms with E-state index in [0.717, 1.165) is 15.2 Å². The maximum Gasteiger partial charge on any atom is 0.0593 e. The Morgan fingerprint density at radius 1 is 1.37 bits per heavy atom. The topological polar surface area (TPSA) is 15.3 Å². The summed E-state index contributed by atoms with van der Waals surface area (Å²) in [5.74, 6) is 0. The van der Waals surface area contributed by atoms with Crippen molar-refractivity contribution < 1.29 is 0 Å². The lowest BCUT2D eigenvalue weighted by Crippen LogP contribution is -2.27. The van der Waals surface area contributed by atoms with Gasteiger partial charge in [-0.25, -0.2) is 0 Å². The van der Waals surface area contributed by atoms with Crippen molar-refractivity contribution >= 4 is 33.2 Å². The monoisotopic (exact) mass is 344 g/mol. The molecule has 1 saturated heterocycles. The third-order valence-corrected chi connectivity index (χ3v) is 5.07. The Bertz CT molecular complexity index is 411. The predicted octanol–water partition coefficient (Wildman–Crippen LogP) is 4.78. The average molecular weight is 346 g/mol. The van der Waals surface area contributed by atoms with Gasteiger partial charge in [-0.1, -0.05) is 24.6 Å². The molecule has 1 atom stereocenters. The molecule has 1 N–H and O–H groups in total. The fourth-order valence-corrected chi connectivity index (χ4v) is 3.23. The van der Waals surface area contributed by atoms with E-state index in [2.05, 4.69) is 39.1 Å². The van der Waals surface area contributed by atoms with Crippen molar-refractivity contribution in [2.24, 2.45) is 0 Å². The first-order valence-corrected chi connectivity index (χ1v) is 8.30. The number of hydrogen-bond donors (Lipinski definition) is 1. The minimum atomic E-state index is 0.552. The Kier molecular flexibility index (Phi) is 5.99. The second-order valence-electron chi connectivity index (χ2n) is 5.22. The van der Waals surface area contributed by atoms with Gasteiger partial charge < -0.3 is 10.2 Å². The van der Waals surface area contributed by atoms with E-state index in [4.69, 9.17) is 11.6 Å². The van der Waals surface area contributed by atoms with Gasteiger partial charge in [0.25, 0.3) is 0 Å². The molecule has 0 radical (unpaired) electrons. The van der Waals surface area contributed by atoms with Crippen LogP contribution in [0.1, 0.15) is 32.6 Å². The highest BCUT2D eigenvalue weighted by molar-refractivity contribution is 9.10. The maximum atomic E-state index is 6.13. The second kappa shape index (κ2) is 7.51. The lowest BCUT2D eigenvalue weighted by atomic mass is 10.1. The van der Waals surface area contributed by atoms with Crippen LogP contribution in [0, 0.1) is 0 Å². The molecule has 1 aliphatic rings. The molecule has 0 aliphatic carbocycles. The molecule has 2 rings (SSSR count). The molecule has 1 aromatic rings. The van der Waals surface area contributed by atoms with Gasteiger partial charge in [0.05, 0.1) is 15.2 Å². The van der Waals surface area contributed by atoms with E-state index in [1.165, 1.54) is 45.3 Å². The Morgan fingerprint density at radius 2 is 2.21 bits per heavy atom. The molecule has 0 aromatic heterocycles. The van der Waals surface area contributed by atoms with Gasteiger partial charge in [-0.2, -0.15) is 0 Å². The lowest BCUT2D eigenvalue weighted by Gasteiger charge is -2.20. The minimum Gasteiger partial charge on any atom is -0.381 e. The van der Waals surface area contributed by atoms with E-state index in [9.17, 15) is 0 Å². The normalized spacial score (nSPS) is 21.1. The summed E-state index contributed by atoms with van der Waals surface area (Å²) in [6.45, 7) is 5.92. The van der Waals surface area contributed by atoms with E-state index < -0.39 is 0 Å². The van der Waals surface area contributed by atoms with E-state index in [1.807, 2.05) is 12.1 Å². The zero-order valence-corrected chi connectivity index (χ0v) is 13.8. The molecule has 1 aromatic carbocycles. The largest absolute Gasteiger partial charge is 0.381 e. The quantitative estimate of drug-likeness (QED) is 0.845. The maximum absolute atomic E-state index is 6.13. The van der Waals surface area contributed by atoms with Crippen molar-refractivity contribution in [3.63, 3.8) is 0 Å². The van der Waals surface area contributed by atoms with Gasteiger partial charge >= 0.3 is 0 Å². The summed E-state index contributed by atoms with van der Waals surface area (Å²) < 4.78 is 0.978. The molecule has 1 unspecified atom stereocenters. The number of nitrogens with one attached hydrogen (secondary N) is 1. The zero-order chi connectivity index (χ0) is 13.7. The number of rotatable bonds is 4. The van der Waals surface area contributed by atoms with E-state index >= 15 is 0 Å².